The molecule has 0 aliphatic carbocycles. The number of aryl methyl sites for hydroxylation is 1. The van der Waals surface area contributed by atoms with Gasteiger partial charge in [-0.25, -0.2) is 4.68 Å². The molecule has 0 saturated heterocycles. The van der Waals surface area contributed by atoms with Crippen LogP contribution in [0, 0.1) is 0 Å². The lowest BCUT2D eigenvalue weighted by atomic mass is 10.0. The zero-order valence-corrected chi connectivity index (χ0v) is 17.6. The van der Waals surface area contributed by atoms with Gasteiger partial charge in [0, 0.05) is 17.8 Å². The molecule has 2 N–H and O–H groups in total. The van der Waals surface area contributed by atoms with E-state index in [2.05, 4.69) is 14.9 Å². The highest BCUT2D eigenvalue weighted by Crippen LogP contribution is 2.31. The van der Waals surface area contributed by atoms with Crippen molar-refractivity contribution in [2.45, 2.75) is 36.8 Å². The molecule has 1 aromatic heterocycles. The maximum Gasteiger partial charge on any atom is 0.387 e. The van der Waals surface area contributed by atoms with E-state index in [1.165, 1.54) is 34.1 Å². The first-order valence-electron chi connectivity index (χ1n) is 9.75. The van der Waals surface area contributed by atoms with Crippen molar-refractivity contribution in [1.29, 1.82) is 0 Å². The van der Waals surface area contributed by atoms with Crippen LogP contribution in [0.3, 0.4) is 0 Å². The van der Waals surface area contributed by atoms with Crippen LogP contribution in [-0.4, -0.2) is 39.2 Å². The third-order valence-corrected chi connectivity index (χ3v) is 6.05. The number of nitrogens with two attached hydrogens (primary N) is 1. The van der Waals surface area contributed by atoms with Crippen molar-refractivity contribution in [2.75, 3.05) is 17.3 Å². The van der Waals surface area contributed by atoms with Crippen LogP contribution >= 0.6 is 11.8 Å². The average Bonchev–Trinajstić information content (AvgIpc) is 3.13. The first-order valence-corrected chi connectivity index (χ1v) is 10.6. The Bertz CT molecular complexity index is 1070. The van der Waals surface area contributed by atoms with Crippen molar-refractivity contribution in [3.8, 4) is 17.1 Å². The van der Waals surface area contributed by atoms with E-state index in [1.54, 1.807) is 12.1 Å². The number of thioether (sulfide) groups is 1. The summed E-state index contributed by atoms with van der Waals surface area (Å²) in [6, 6.07) is 13.9. The van der Waals surface area contributed by atoms with Gasteiger partial charge in [-0.05, 0) is 55.7 Å². The van der Waals surface area contributed by atoms with E-state index in [1.807, 2.05) is 36.1 Å². The minimum atomic E-state index is -2.89. The maximum absolute atomic E-state index is 13.1. The lowest BCUT2D eigenvalue weighted by Crippen LogP contribution is -2.40. The molecule has 1 aliphatic heterocycles. The van der Waals surface area contributed by atoms with Gasteiger partial charge < -0.3 is 15.5 Å². The minimum absolute atomic E-state index is 0.0183. The molecule has 1 aliphatic rings. The third kappa shape index (κ3) is 4.48. The van der Waals surface area contributed by atoms with Crippen molar-refractivity contribution < 1.29 is 18.3 Å². The van der Waals surface area contributed by atoms with Crippen LogP contribution < -0.4 is 15.5 Å². The topological polar surface area (TPSA) is 86.3 Å². The molecule has 7 nitrogen and oxygen atoms in total. The standard InChI is InChI=1S/C21H21F2N5O2S/c1-13(19(29)27-12-4-6-14-5-2-3-7-17(14)27)31-21-26-25-18(28(21)24)15-8-10-16(11-9-15)30-20(22)23/h2-3,5,7-11,13,20H,4,6,12,24H2,1H3/t13-/m1/s1. The Morgan fingerprint density at radius 2 is 1.90 bits per heavy atom. The predicted molar refractivity (Wildman–Crippen MR) is 115 cm³/mol. The van der Waals surface area contributed by atoms with Crippen LogP contribution in [0.2, 0.25) is 0 Å². The summed E-state index contributed by atoms with van der Waals surface area (Å²) < 4.78 is 30.3. The number of amides is 1. The molecule has 2 heterocycles. The van der Waals surface area contributed by atoms with Gasteiger partial charge in [0.25, 0.3) is 0 Å². The smallest absolute Gasteiger partial charge is 0.387 e. The molecule has 0 unspecified atom stereocenters. The predicted octanol–water partition coefficient (Wildman–Crippen LogP) is 3.72. The van der Waals surface area contributed by atoms with Gasteiger partial charge in [0.2, 0.25) is 11.1 Å². The van der Waals surface area contributed by atoms with E-state index in [0.717, 1.165) is 18.5 Å². The van der Waals surface area contributed by atoms with E-state index in [9.17, 15) is 13.6 Å². The molecule has 10 heteroatoms. The van der Waals surface area contributed by atoms with Gasteiger partial charge in [0.05, 0.1) is 5.25 Å². The Kier molecular flexibility index (Phi) is 6.08. The number of halogens is 2. The van der Waals surface area contributed by atoms with Crippen LogP contribution in [0.4, 0.5) is 14.5 Å². The minimum Gasteiger partial charge on any atom is -0.435 e. The number of anilines is 1. The molecular formula is C21H21F2N5O2S. The molecule has 1 atom stereocenters. The van der Waals surface area contributed by atoms with Crippen molar-refractivity contribution in [3.63, 3.8) is 0 Å². The number of carbonyl (C=O) groups is 1. The highest BCUT2D eigenvalue weighted by molar-refractivity contribution is 8.00. The van der Waals surface area contributed by atoms with E-state index in [4.69, 9.17) is 5.84 Å². The van der Waals surface area contributed by atoms with Crippen LogP contribution in [0.15, 0.2) is 53.7 Å². The van der Waals surface area contributed by atoms with Crippen molar-refractivity contribution in [3.05, 3.63) is 54.1 Å². The first-order chi connectivity index (χ1) is 14.9. The molecule has 31 heavy (non-hydrogen) atoms. The van der Waals surface area contributed by atoms with Crippen molar-refractivity contribution in [1.82, 2.24) is 14.9 Å². The van der Waals surface area contributed by atoms with Crippen LogP contribution in [-0.2, 0) is 11.2 Å². The van der Waals surface area contributed by atoms with Gasteiger partial charge in [0.15, 0.2) is 5.82 Å². The second-order valence-electron chi connectivity index (χ2n) is 7.06. The number of carbonyl (C=O) groups excluding carboxylic acids is 1. The zero-order chi connectivity index (χ0) is 22.0. The number of nitrogens with zero attached hydrogens (tertiary/aromatic N) is 4. The fourth-order valence-corrected chi connectivity index (χ4v) is 4.36. The van der Waals surface area contributed by atoms with Crippen LogP contribution in [0.25, 0.3) is 11.4 Å². The molecule has 2 aromatic carbocycles. The number of benzene rings is 2. The summed E-state index contributed by atoms with van der Waals surface area (Å²) in [6.07, 6.45) is 1.88. The molecule has 1 amide bonds. The van der Waals surface area contributed by atoms with Gasteiger partial charge in [-0.1, -0.05) is 30.0 Å². The van der Waals surface area contributed by atoms with Gasteiger partial charge in [-0.15, -0.1) is 10.2 Å². The normalized spacial score (nSPS) is 14.4. The highest BCUT2D eigenvalue weighted by atomic mass is 32.2. The highest BCUT2D eigenvalue weighted by Gasteiger charge is 2.28. The largest absolute Gasteiger partial charge is 0.435 e. The summed E-state index contributed by atoms with van der Waals surface area (Å²) in [5.74, 6) is 6.53. The van der Waals surface area contributed by atoms with Gasteiger partial charge in [-0.3, -0.25) is 4.79 Å². The number of para-hydroxylation sites is 1. The lowest BCUT2D eigenvalue weighted by Gasteiger charge is -2.31. The van der Waals surface area contributed by atoms with E-state index in [0.29, 0.717) is 23.1 Å². The number of rotatable bonds is 6. The summed E-state index contributed by atoms with van der Waals surface area (Å²) >= 11 is 1.22. The summed E-state index contributed by atoms with van der Waals surface area (Å²) in [6.45, 7) is -0.401. The quantitative estimate of drug-likeness (QED) is 0.460. The van der Waals surface area contributed by atoms with Crippen LogP contribution in [0.1, 0.15) is 18.9 Å². The number of hydrogen-bond acceptors (Lipinski definition) is 6. The molecule has 162 valence electrons. The fraction of sp³-hybridized carbons (Fsp3) is 0.286. The van der Waals surface area contributed by atoms with Gasteiger partial charge >= 0.3 is 6.61 Å². The van der Waals surface area contributed by atoms with E-state index in [-0.39, 0.29) is 11.7 Å². The summed E-state index contributed by atoms with van der Waals surface area (Å²) in [4.78, 5) is 14.9. The summed E-state index contributed by atoms with van der Waals surface area (Å²) in [5, 5.41) is 8.15. The Hall–Kier alpha value is -3.14. The average molecular weight is 445 g/mol. The molecular weight excluding hydrogens is 424 g/mol. The van der Waals surface area contributed by atoms with Crippen LogP contribution in [0.5, 0.6) is 5.75 Å². The first kappa shape index (κ1) is 21.1. The summed E-state index contributed by atoms with van der Waals surface area (Å²) in [5.41, 5.74) is 2.71. The number of aromatic nitrogens is 3. The number of ether oxygens (including phenoxy) is 1. The number of fused-ring (bicyclic) bond motifs is 1. The monoisotopic (exact) mass is 445 g/mol. The van der Waals surface area contributed by atoms with Gasteiger partial charge in [0.1, 0.15) is 5.75 Å². The second-order valence-corrected chi connectivity index (χ2v) is 8.37. The SMILES string of the molecule is C[C@@H](Sc1nnc(-c2ccc(OC(F)F)cc2)n1N)C(=O)N1CCCc2ccccc21. The molecule has 0 spiro atoms. The number of hydrogen-bond donors (Lipinski definition) is 1. The summed E-state index contributed by atoms with van der Waals surface area (Å²) in [7, 11) is 0. The Labute approximate surface area is 182 Å². The number of nitrogen functional groups attached to an aromatic ring is 1. The van der Waals surface area contributed by atoms with E-state index < -0.39 is 11.9 Å². The zero-order valence-electron chi connectivity index (χ0n) is 16.7. The molecule has 4 rings (SSSR count). The molecule has 0 saturated carbocycles. The third-order valence-electron chi connectivity index (χ3n) is 5.01. The second kappa shape index (κ2) is 8.93. The molecule has 0 fully saturated rings. The Morgan fingerprint density at radius 3 is 2.65 bits per heavy atom. The van der Waals surface area contributed by atoms with Gasteiger partial charge in [-0.2, -0.15) is 8.78 Å². The lowest BCUT2D eigenvalue weighted by molar-refractivity contribution is -0.117. The fourth-order valence-electron chi connectivity index (χ4n) is 3.53. The molecule has 3 aromatic rings. The molecule has 0 bridgehead atoms. The number of alkyl halides is 2. The van der Waals surface area contributed by atoms with Crippen molar-refractivity contribution in [2.24, 2.45) is 0 Å². The molecule has 0 radical (unpaired) electrons. The Balaban J connectivity index is 1.48. The Morgan fingerprint density at radius 1 is 1.16 bits per heavy atom. The van der Waals surface area contributed by atoms with E-state index >= 15 is 0 Å². The van der Waals surface area contributed by atoms with Crippen molar-refractivity contribution >= 4 is 23.4 Å². The maximum atomic E-state index is 13.1.